The quantitative estimate of drug-likeness (QED) is 0.861. The second kappa shape index (κ2) is 4.19. The van der Waals surface area contributed by atoms with E-state index in [1.54, 1.807) is 13.2 Å². The minimum absolute atomic E-state index is 0.0617. The standard InChI is InChI=1S/C14H18O4/c1-8-9(2)13(17)10(6-11(8)18-3)14(4-5-14)7-12(15)16/h6,17H,4-5,7H2,1-3H3,(H,15,16). The molecule has 0 bridgehead atoms. The molecule has 0 amide bonds. The molecular formula is C14H18O4. The zero-order chi connectivity index (χ0) is 13.5. The molecule has 1 aliphatic rings. The highest BCUT2D eigenvalue weighted by atomic mass is 16.5. The Morgan fingerprint density at radius 3 is 2.44 bits per heavy atom. The molecule has 0 radical (unpaired) electrons. The molecule has 98 valence electrons. The van der Waals surface area contributed by atoms with Crippen molar-refractivity contribution < 1.29 is 19.7 Å². The third-order valence-electron chi connectivity index (χ3n) is 3.95. The lowest BCUT2D eigenvalue weighted by atomic mass is 9.88. The Labute approximate surface area is 106 Å². The number of phenolic OH excluding ortho intramolecular Hbond substituents is 1. The van der Waals surface area contributed by atoms with Crippen molar-refractivity contribution in [2.75, 3.05) is 7.11 Å². The van der Waals surface area contributed by atoms with E-state index in [9.17, 15) is 9.90 Å². The lowest BCUT2D eigenvalue weighted by Crippen LogP contribution is -2.14. The van der Waals surface area contributed by atoms with E-state index in [-0.39, 0.29) is 12.2 Å². The van der Waals surface area contributed by atoms with Crippen LogP contribution >= 0.6 is 0 Å². The monoisotopic (exact) mass is 250 g/mol. The number of phenols is 1. The Morgan fingerprint density at radius 1 is 1.39 bits per heavy atom. The summed E-state index contributed by atoms with van der Waals surface area (Å²) in [6.07, 6.45) is 1.67. The van der Waals surface area contributed by atoms with Crippen molar-refractivity contribution in [3.05, 3.63) is 22.8 Å². The number of carboxylic acids is 1. The number of hydrogen-bond acceptors (Lipinski definition) is 3. The van der Waals surface area contributed by atoms with Gasteiger partial charge < -0.3 is 14.9 Å². The summed E-state index contributed by atoms with van der Waals surface area (Å²) in [4.78, 5) is 10.9. The van der Waals surface area contributed by atoms with Crippen LogP contribution in [0.25, 0.3) is 0 Å². The van der Waals surface area contributed by atoms with Gasteiger partial charge >= 0.3 is 5.97 Å². The molecule has 0 aliphatic heterocycles. The van der Waals surface area contributed by atoms with Gasteiger partial charge in [0.25, 0.3) is 0 Å². The number of aliphatic carboxylic acids is 1. The predicted octanol–water partition coefficient (Wildman–Crippen LogP) is 2.52. The molecule has 1 saturated carbocycles. The maximum absolute atomic E-state index is 10.9. The van der Waals surface area contributed by atoms with Crippen LogP contribution in [0.2, 0.25) is 0 Å². The summed E-state index contributed by atoms with van der Waals surface area (Å²) in [5.41, 5.74) is 1.97. The fraction of sp³-hybridized carbons (Fsp3) is 0.500. The summed E-state index contributed by atoms with van der Waals surface area (Å²) in [6, 6.07) is 1.79. The molecular weight excluding hydrogens is 232 g/mol. The van der Waals surface area contributed by atoms with E-state index in [4.69, 9.17) is 9.84 Å². The molecule has 0 heterocycles. The molecule has 1 aliphatic carbocycles. The minimum atomic E-state index is -0.830. The smallest absolute Gasteiger partial charge is 0.304 e. The third-order valence-corrected chi connectivity index (χ3v) is 3.95. The number of benzene rings is 1. The van der Waals surface area contributed by atoms with Gasteiger partial charge in [-0.2, -0.15) is 0 Å². The van der Waals surface area contributed by atoms with Crippen molar-refractivity contribution in [2.24, 2.45) is 0 Å². The summed E-state index contributed by atoms with van der Waals surface area (Å²) in [7, 11) is 1.58. The average Bonchev–Trinajstić information content (AvgIpc) is 3.06. The molecule has 0 saturated heterocycles. The number of carboxylic acid groups (broad SMARTS) is 1. The van der Waals surface area contributed by atoms with Gasteiger partial charge in [0.1, 0.15) is 11.5 Å². The van der Waals surface area contributed by atoms with E-state index in [0.29, 0.717) is 11.3 Å². The Kier molecular flexibility index (Phi) is 2.97. The van der Waals surface area contributed by atoms with Gasteiger partial charge in [-0.1, -0.05) is 0 Å². The highest BCUT2D eigenvalue weighted by molar-refractivity contribution is 5.71. The van der Waals surface area contributed by atoms with Crippen LogP contribution in [0.5, 0.6) is 11.5 Å². The number of methoxy groups -OCH3 is 1. The van der Waals surface area contributed by atoms with Gasteiger partial charge in [0.2, 0.25) is 0 Å². The lowest BCUT2D eigenvalue weighted by Gasteiger charge is -2.19. The molecule has 4 nitrogen and oxygen atoms in total. The van der Waals surface area contributed by atoms with E-state index in [1.165, 1.54) is 0 Å². The molecule has 18 heavy (non-hydrogen) atoms. The summed E-state index contributed by atoms with van der Waals surface area (Å²) in [6.45, 7) is 3.71. The van der Waals surface area contributed by atoms with Crippen molar-refractivity contribution in [3.63, 3.8) is 0 Å². The molecule has 1 fully saturated rings. The fourth-order valence-electron chi connectivity index (χ4n) is 2.47. The second-order valence-electron chi connectivity index (χ2n) is 5.08. The van der Waals surface area contributed by atoms with Crippen LogP contribution in [-0.4, -0.2) is 23.3 Å². The third kappa shape index (κ3) is 1.92. The lowest BCUT2D eigenvalue weighted by molar-refractivity contribution is -0.137. The van der Waals surface area contributed by atoms with Crippen LogP contribution in [0.3, 0.4) is 0 Å². The van der Waals surface area contributed by atoms with Gasteiger partial charge in [-0.25, -0.2) is 0 Å². The number of carbonyl (C=O) groups is 1. The number of hydrogen-bond donors (Lipinski definition) is 2. The zero-order valence-electron chi connectivity index (χ0n) is 10.9. The van der Waals surface area contributed by atoms with Crippen molar-refractivity contribution in [1.82, 2.24) is 0 Å². The van der Waals surface area contributed by atoms with Crippen LogP contribution in [0.1, 0.15) is 36.0 Å². The second-order valence-corrected chi connectivity index (χ2v) is 5.08. The van der Waals surface area contributed by atoms with Gasteiger partial charge in [-0.05, 0) is 43.9 Å². The van der Waals surface area contributed by atoms with Crippen LogP contribution in [0.4, 0.5) is 0 Å². The summed E-state index contributed by atoms with van der Waals surface area (Å²) < 4.78 is 5.29. The van der Waals surface area contributed by atoms with Crippen LogP contribution in [-0.2, 0) is 10.2 Å². The summed E-state index contributed by atoms with van der Waals surface area (Å²) in [5, 5.41) is 19.2. The first-order valence-corrected chi connectivity index (χ1v) is 6.01. The summed E-state index contributed by atoms with van der Waals surface area (Å²) >= 11 is 0. The maximum atomic E-state index is 10.9. The van der Waals surface area contributed by atoms with E-state index in [2.05, 4.69) is 0 Å². The topological polar surface area (TPSA) is 66.8 Å². The van der Waals surface area contributed by atoms with E-state index < -0.39 is 11.4 Å². The Hall–Kier alpha value is -1.71. The van der Waals surface area contributed by atoms with Gasteiger partial charge in [0.05, 0.1) is 13.5 Å². The Balaban J connectivity index is 2.51. The molecule has 1 aromatic carbocycles. The van der Waals surface area contributed by atoms with Crippen LogP contribution < -0.4 is 4.74 Å². The largest absolute Gasteiger partial charge is 0.507 e. The Morgan fingerprint density at radius 2 is 2.00 bits per heavy atom. The molecule has 4 heteroatoms. The van der Waals surface area contributed by atoms with Crippen LogP contribution in [0.15, 0.2) is 6.07 Å². The molecule has 2 rings (SSSR count). The molecule has 0 aromatic heterocycles. The SMILES string of the molecule is COc1cc(C2(CC(=O)O)CC2)c(O)c(C)c1C. The highest BCUT2D eigenvalue weighted by Crippen LogP contribution is 2.55. The van der Waals surface area contributed by atoms with Crippen molar-refractivity contribution in [3.8, 4) is 11.5 Å². The first kappa shape index (κ1) is 12.7. The van der Waals surface area contributed by atoms with Crippen LogP contribution in [0, 0.1) is 13.8 Å². The van der Waals surface area contributed by atoms with E-state index >= 15 is 0 Å². The normalized spacial score (nSPS) is 16.4. The predicted molar refractivity (Wildman–Crippen MR) is 67.3 cm³/mol. The van der Waals surface area contributed by atoms with Crippen molar-refractivity contribution in [2.45, 2.75) is 38.5 Å². The molecule has 0 unspecified atom stereocenters. The first-order chi connectivity index (χ1) is 8.41. The number of aromatic hydroxyl groups is 1. The molecule has 2 N–H and O–H groups in total. The fourth-order valence-corrected chi connectivity index (χ4v) is 2.47. The average molecular weight is 250 g/mol. The van der Waals surface area contributed by atoms with Crippen molar-refractivity contribution >= 4 is 5.97 Å². The molecule has 1 aromatic rings. The first-order valence-electron chi connectivity index (χ1n) is 6.01. The minimum Gasteiger partial charge on any atom is -0.507 e. The molecule has 0 atom stereocenters. The van der Waals surface area contributed by atoms with E-state index in [0.717, 1.165) is 24.0 Å². The maximum Gasteiger partial charge on any atom is 0.304 e. The van der Waals surface area contributed by atoms with Gasteiger partial charge in [-0.3, -0.25) is 4.79 Å². The Bertz CT molecular complexity index is 501. The van der Waals surface area contributed by atoms with E-state index in [1.807, 2.05) is 13.8 Å². The molecule has 0 spiro atoms. The van der Waals surface area contributed by atoms with Gasteiger partial charge in [0.15, 0.2) is 0 Å². The highest BCUT2D eigenvalue weighted by Gasteiger charge is 2.48. The zero-order valence-corrected chi connectivity index (χ0v) is 10.9. The summed E-state index contributed by atoms with van der Waals surface area (Å²) in [5.74, 6) is 0.0908. The van der Waals surface area contributed by atoms with Gasteiger partial charge in [0, 0.05) is 11.0 Å². The number of ether oxygens (including phenoxy) is 1. The number of rotatable bonds is 4. The van der Waals surface area contributed by atoms with Crippen molar-refractivity contribution in [1.29, 1.82) is 0 Å². The van der Waals surface area contributed by atoms with Gasteiger partial charge in [-0.15, -0.1) is 0 Å².